The Bertz CT molecular complexity index is 571. The van der Waals surface area contributed by atoms with Gasteiger partial charge in [0, 0.05) is 31.1 Å². The first-order valence-corrected chi connectivity index (χ1v) is 9.43. The monoisotopic (exact) mass is 402 g/mol. The van der Waals surface area contributed by atoms with Crippen molar-refractivity contribution in [2.45, 2.75) is 6.10 Å². The quantitative estimate of drug-likeness (QED) is 0.747. The first-order valence-electron chi connectivity index (χ1n) is 7.48. The molecule has 2 saturated heterocycles. The van der Waals surface area contributed by atoms with Crippen LogP contribution in [-0.2, 0) is 9.53 Å². The molecule has 3 heterocycles. The van der Waals surface area contributed by atoms with Gasteiger partial charge < -0.3 is 19.3 Å². The number of ether oxygens (including phenoxy) is 2. The molecule has 0 aliphatic carbocycles. The van der Waals surface area contributed by atoms with Crippen LogP contribution in [-0.4, -0.2) is 78.3 Å². The molecule has 2 fully saturated rings. The Morgan fingerprint density at radius 3 is 2.96 bits per heavy atom. The molecule has 2 aliphatic heterocycles. The Kier molecular flexibility index (Phi) is 5.60. The predicted octanol–water partition coefficient (Wildman–Crippen LogP) is 1.03. The van der Waals surface area contributed by atoms with Gasteiger partial charge in [0.15, 0.2) is 6.10 Å². The van der Waals surface area contributed by atoms with Crippen LogP contribution < -0.4 is 9.64 Å². The fourth-order valence-electron chi connectivity index (χ4n) is 2.61. The van der Waals surface area contributed by atoms with E-state index in [2.05, 4.69) is 25.9 Å². The van der Waals surface area contributed by atoms with Gasteiger partial charge in [0.25, 0.3) is 5.91 Å². The van der Waals surface area contributed by atoms with Crippen LogP contribution in [0.1, 0.15) is 0 Å². The minimum Gasteiger partial charge on any atom is -0.480 e. The van der Waals surface area contributed by atoms with Gasteiger partial charge in [0.1, 0.15) is 0 Å². The summed E-state index contributed by atoms with van der Waals surface area (Å²) in [6.07, 6.45) is 1.21. The maximum absolute atomic E-state index is 12.6. The fraction of sp³-hybridized carbons (Fsp3) is 0.643. The molecule has 1 aromatic heterocycles. The third-order valence-electron chi connectivity index (χ3n) is 3.84. The molecule has 7 nitrogen and oxygen atoms in total. The number of amides is 1. The summed E-state index contributed by atoms with van der Waals surface area (Å²) in [5.74, 6) is 3.10. The Labute approximate surface area is 147 Å². The molecular formula is C14H19BrN4O3S. The number of hydrogen-bond donors (Lipinski definition) is 0. The highest BCUT2D eigenvalue weighted by Crippen LogP contribution is 2.24. The SMILES string of the molecule is COc1nc(N2CCOC(C(=O)N3CCSCC3)C2)ncc1Br. The predicted molar refractivity (Wildman–Crippen MR) is 92.1 cm³/mol. The van der Waals surface area contributed by atoms with Crippen molar-refractivity contribution in [2.24, 2.45) is 0 Å². The molecule has 1 aromatic rings. The Morgan fingerprint density at radius 1 is 1.43 bits per heavy atom. The molecule has 1 amide bonds. The second-order valence-corrected chi connectivity index (χ2v) is 7.35. The van der Waals surface area contributed by atoms with Crippen LogP contribution in [0.3, 0.4) is 0 Å². The van der Waals surface area contributed by atoms with E-state index in [0.717, 1.165) is 24.6 Å². The molecular weight excluding hydrogens is 384 g/mol. The van der Waals surface area contributed by atoms with E-state index in [0.29, 0.717) is 36.0 Å². The van der Waals surface area contributed by atoms with E-state index in [-0.39, 0.29) is 5.91 Å². The summed E-state index contributed by atoms with van der Waals surface area (Å²) in [5.41, 5.74) is 0. The lowest BCUT2D eigenvalue weighted by molar-refractivity contribution is -0.144. The first kappa shape index (κ1) is 16.8. The maximum Gasteiger partial charge on any atom is 0.253 e. The van der Waals surface area contributed by atoms with Crippen molar-refractivity contribution < 1.29 is 14.3 Å². The molecule has 1 unspecified atom stereocenters. The summed E-state index contributed by atoms with van der Waals surface area (Å²) in [5, 5.41) is 0. The summed E-state index contributed by atoms with van der Waals surface area (Å²) >= 11 is 5.23. The van der Waals surface area contributed by atoms with Crippen molar-refractivity contribution in [3.8, 4) is 5.88 Å². The van der Waals surface area contributed by atoms with Crippen molar-refractivity contribution in [3.05, 3.63) is 10.7 Å². The third-order valence-corrected chi connectivity index (χ3v) is 5.33. The van der Waals surface area contributed by atoms with Gasteiger partial charge in [-0.2, -0.15) is 16.7 Å². The molecule has 0 aromatic carbocycles. The van der Waals surface area contributed by atoms with Crippen LogP contribution in [0.2, 0.25) is 0 Å². The number of morpholine rings is 1. The van der Waals surface area contributed by atoms with Gasteiger partial charge in [-0.25, -0.2) is 4.98 Å². The Hall–Kier alpha value is -1.06. The standard InChI is InChI=1S/C14H19BrN4O3S/c1-21-12-10(15)8-16-14(17-12)19-2-5-22-11(9-19)13(20)18-3-6-23-7-4-18/h8,11H,2-7,9H2,1H3. The van der Waals surface area contributed by atoms with Crippen molar-refractivity contribution in [3.63, 3.8) is 0 Å². The van der Waals surface area contributed by atoms with Crippen LogP contribution in [0.15, 0.2) is 10.7 Å². The fourth-order valence-corrected chi connectivity index (χ4v) is 3.86. The highest BCUT2D eigenvalue weighted by molar-refractivity contribution is 9.10. The summed E-state index contributed by atoms with van der Waals surface area (Å²) in [4.78, 5) is 25.2. The number of rotatable bonds is 3. The van der Waals surface area contributed by atoms with E-state index >= 15 is 0 Å². The Balaban J connectivity index is 1.69. The summed E-state index contributed by atoms with van der Waals surface area (Å²) in [7, 11) is 1.57. The van der Waals surface area contributed by atoms with Gasteiger partial charge in [-0.15, -0.1) is 0 Å². The van der Waals surface area contributed by atoms with Crippen LogP contribution >= 0.6 is 27.7 Å². The van der Waals surface area contributed by atoms with Gasteiger partial charge in [0.05, 0.1) is 30.9 Å². The molecule has 1 atom stereocenters. The summed E-state index contributed by atoms with van der Waals surface area (Å²) in [6, 6.07) is 0. The van der Waals surface area contributed by atoms with E-state index in [9.17, 15) is 4.79 Å². The molecule has 0 saturated carbocycles. The molecule has 0 N–H and O–H groups in total. The maximum atomic E-state index is 12.6. The summed E-state index contributed by atoms with van der Waals surface area (Å²) < 4.78 is 11.6. The number of halogens is 1. The number of methoxy groups -OCH3 is 1. The van der Waals surface area contributed by atoms with E-state index in [1.807, 2.05) is 21.6 Å². The molecule has 23 heavy (non-hydrogen) atoms. The topological polar surface area (TPSA) is 67.8 Å². The summed E-state index contributed by atoms with van der Waals surface area (Å²) in [6.45, 7) is 3.20. The number of anilines is 1. The molecule has 0 radical (unpaired) electrons. The normalized spacial score (nSPS) is 22.1. The molecule has 126 valence electrons. The number of nitrogens with zero attached hydrogens (tertiary/aromatic N) is 4. The zero-order valence-corrected chi connectivity index (χ0v) is 15.3. The molecule has 2 aliphatic rings. The largest absolute Gasteiger partial charge is 0.480 e. The highest BCUT2D eigenvalue weighted by atomic mass is 79.9. The van der Waals surface area contributed by atoms with Crippen LogP contribution in [0.25, 0.3) is 0 Å². The second-order valence-electron chi connectivity index (χ2n) is 5.27. The molecule has 0 spiro atoms. The van der Waals surface area contributed by atoms with E-state index in [1.54, 1.807) is 13.3 Å². The molecule has 3 rings (SSSR count). The lowest BCUT2D eigenvalue weighted by Crippen LogP contribution is -2.53. The number of thioether (sulfide) groups is 1. The lowest BCUT2D eigenvalue weighted by atomic mass is 10.2. The van der Waals surface area contributed by atoms with Crippen LogP contribution in [0.5, 0.6) is 5.88 Å². The van der Waals surface area contributed by atoms with E-state index in [1.165, 1.54) is 0 Å². The van der Waals surface area contributed by atoms with E-state index in [4.69, 9.17) is 9.47 Å². The first-order chi connectivity index (χ1) is 11.2. The molecule has 9 heteroatoms. The minimum atomic E-state index is -0.454. The number of hydrogen-bond acceptors (Lipinski definition) is 7. The van der Waals surface area contributed by atoms with Gasteiger partial charge in [-0.3, -0.25) is 4.79 Å². The average Bonchev–Trinajstić information content (AvgIpc) is 2.62. The van der Waals surface area contributed by atoms with Gasteiger partial charge in [-0.1, -0.05) is 0 Å². The van der Waals surface area contributed by atoms with Crippen molar-refractivity contribution in [1.29, 1.82) is 0 Å². The van der Waals surface area contributed by atoms with Gasteiger partial charge in [0.2, 0.25) is 11.8 Å². The average molecular weight is 403 g/mol. The zero-order valence-electron chi connectivity index (χ0n) is 12.9. The van der Waals surface area contributed by atoms with Crippen molar-refractivity contribution in [1.82, 2.24) is 14.9 Å². The smallest absolute Gasteiger partial charge is 0.253 e. The Morgan fingerprint density at radius 2 is 2.22 bits per heavy atom. The van der Waals surface area contributed by atoms with Crippen LogP contribution in [0, 0.1) is 0 Å². The minimum absolute atomic E-state index is 0.0686. The van der Waals surface area contributed by atoms with Crippen LogP contribution in [0.4, 0.5) is 5.95 Å². The van der Waals surface area contributed by atoms with Crippen molar-refractivity contribution in [2.75, 3.05) is 56.3 Å². The lowest BCUT2D eigenvalue weighted by Gasteiger charge is -2.36. The zero-order chi connectivity index (χ0) is 16.2. The molecule has 0 bridgehead atoms. The van der Waals surface area contributed by atoms with Gasteiger partial charge >= 0.3 is 0 Å². The second kappa shape index (κ2) is 7.67. The number of carbonyl (C=O) groups is 1. The van der Waals surface area contributed by atoms with Gasteiger partial charge in [-0.05, 0) is 15.9 Å². The third kappa shape index (κ3) is 3.89. The van der Waals surface area contributed by atoms with Crippen molar-refractivity contribution >= 4 is 39.5 Å². The van der Waals surface area contributed by atoms with E-state index < -0.39 is 6.10 Å². The highest BCUT2D eigenvalue weighted by Gasteiger charge is 2.32. The number of aromatic nitrogens is 2. The number of carbonyl (C=O) groups excluding carboxylic acids is 1.